The highest BCUT2D eigenvalue weighted by Crippen LogP contribution is 2.20. The van der Waals surface area contributed by atoms with E-state index in [1.54, 1.807) is 28.8 Å². The Morgan fingerprint density at radius 1 is 1.15 bits per heavy atom. The number of nitrogens with two attached hydrogens (primary N) is 1. The molecule has 8 nitrogen and oxygen atoms in total. The molecule has 0 saturated carbocycles. The van der Waals surface area contributed by atoms with Crippen molar-refractivity contribution in [1.29, 1.82) is 0 Å². The average Bonchev–Trinajstić information content (AvgIpc) is 2.82. The summed E-state index contributed by atoms with van der Waals surface area (Å²) in [7, 11) is 0. The van der Waals surface area contributed by atoms with Crippen LogP contribution >= 0.6 is 0 Å². The maximum Gasteiger partial charge on any atom is 0.257 e. The molecule has 8 heteroatoms. The van der Waals surface area contributed by atoms with Crippen molar-refractivity contribution in [3.63, 3.8) is 0 Å². The number of carbonyl (C=O) groups is 1. The molecule has 1 aromatic heterocycles. The van der Waals surface area contributed by atoms with Gasteiger partial charge in [0.15, 0.2) is 5.84 Å². The van der Waals surface area contributed by atoms with E-state index in [-0.39, 0.29) is 36.2 Å². The van der Waals surface area contributed by atoms with Crippen molar-refractivity contribution in [1.82, 2.24) is 14.9 Å². The number of aryl methyl sites for hydroxylation is 1. The Labute approximate surface area is 192 Å². The van der Waals surface area contributed by atoms with E-state index in [1.807, 2.05) is 51.1 Å². The smallest absolute Gasteiger partial charge is 0.257 e. The molecule has 0 atom stereocenters. The number of amides is 1. The molecule has 3 aromatic rings. The van der Waals surface area contributed by atoms with E-state index in [0.717, 1.165) is 11.1 Å². The van der Waals surface area contributed by atoms with Gasteiger partial charge < -0.3 is 16.3 Å². The zero-order chi connectivity index (χ0) is 24.0. The number of carbonyl (C=O) groups excluding carboxylic acids is 1. The predicted octanol–water partition coefficient (Wildman–Crippen LogP) is 2.83. The lowest BCUT2D eigenvalue weighted by Crippen LogP contribution is -2.33. The predicted molar refractivity (Wildman–Crippen MR) is 128 cm³/mol. The van der Waals surface area contributed by atoms with Crippen molar-refractivity contribution in [3.8, 4) is 11.3 Å². The lowest BCUT2D eigenvalue weighted by atomic mass is 10.0. The van der Waals surface area contributed by atoms with E-state index >= 15 is 0 Å². The second-order valence-electron chi connectivity index (χ2n) is 8.30. The summed E-state index contributed by atoms with van der Waals surface area (Å²) in [5.41, 5.74) is 8.54. The van der Waals surface area contributed by atoms with Crippen LogP contribution in [-0.2, 0) is 24.3 Å². The first-order valence-electron chi connectivity index (χ1n) is 10.8. The van der Waals surface area contributed by atoms with Gasteiger partial charge in [-0.2, -0.15) is 0 Å². The molecule has 2 aromatic carbocycles. The Hall–Kier alpha value is -3.94. The van der Waals surface area contributed by atoms with Gasteiger partial charge in [-0.3, -0.25) is 14.2 Å². The molecule has 33 heavy (non-hydrogen) atoms. The van der Waals surface area contributed by atoms with E-state index in [0.29, 0.717) is 29.2 Å². The summed E-state index contributed by atoms with van der Waals surface area (Å²) in [6.07, 6.45) is -0.0728. The highest BCUT2D eigenvalue weighted by molar-refractivity contribution is 5.97. The summed E-state index contributed by atoms with van der Waals surface area (Å²) >= 11 is 0. The fourth-order valence-corrected chi connectivity index (χ4v) is 3.55. The van der Waals surface area contributed by atoms with Crippen LogP contribution in [0.1, 0.15) is 36.4 Å². The minimum Gasteiger partial charge on any atom is -0.409 e. The molecular weight excluding hydrogens is 418 g/mol. The molecule has 0 aliphatic heterocycles. The monoisotopic (exact) mass is 447 g/mol. The summed E-state index contributed by atoms with van der Waals surface area (Å²) in [5.74, 6) is 0.637. The van der Waals surface area contributed by atoms with Crippen LogP contribution in [0.25, 0.3) is 11.3 Å². The third-order valence-electron chi connectivity index (χ3n) is 5.23. The number of hydrogen-bond acceptors (Lipinski definition) is 5. The molecule has 172 valence electrons. The van der Waals surface area contributed by atoms with E-state index in [9.17, 15) is 9.59 Å². The Morgan fingerprint density at radius 3 is 2.42 bits per heavy atom. The molecule has 0 unspecified atom stereocenters. The molecular formula is C25H29N5O3. The van der Waals surface area contributed by atoms with Crippen molar-refractivity contribution in [3.05, 3.63) is 87.5 Å². The van der Waals surface area contributed by atoms with Crippen molar-refractivity contribution < 1.29 is 10.0 Å². The molecule has 0 saturated heterocycles. The SMILES string of the molecule is Cc1nc(-c2ccccc2)c(CC(=O)NCc2ccc(/C(N)=N\O)cc2)c(=O)n1CC(C)C. The van der Waals surface area contributed by atoms with Crippen molar-refractivity contribution in [2.75, 3.05) is 0 Å². The first kappa shape index (κ1) is 23.7. The van der Waals surface area contributed by atoms with Gasteiger partial charge in [0.05, 0.1) is 17.7 Å². The third-order valence-corrected chi connectivity index (χ3v) is 5.23. The minimum absolute atomic E-state index is 0.0172. The first-order valence-corrected chi connectivity index (χ1v) is 10.8. The van der Waals surface area contributed by atoms with Gasteiger partial charge in [0.25, 0.3) is 5.56 Å². The Bertz CT molecular complexity index is 1200. The quantitative estimate of drug-likeness (QED) is 0.212. The van der Waals surface area contributed by atoms with E-state index in [1.165, 1.54) is 0 Å². The Balaban J connectivity index is 1.85. The average molecular weight is 448 g/mol. The van der Waals surface area contributed by atoms with Crippen LogP contribution in [0.4, 0.5) is 0 Å². The van der Waals surface area contributed by atoms with Crippen molar-refractivity contribution in [2.45, 2.75) is 40.3 Å². The summed E-state index contributed by atoms with van der Waals surface area (Å²) in [6.45, 7) is 6.71. The van der Waals surface area contributed by atoms with Crippen molar-refractivity contribution >= 4 is 11.7 Å². The molecule has 0 spiro atoms. The topological polar surface area (TPSA) is 123 Å². The van der Waals surface area contributed by atoms with Crippen LogP contribution in [0.5, 0.6) is 0 Å². The van der Waals surface area contributed by atoms with Gasteiger partial charge >= 0.3 is 0 Å². The fraction of sp³-hybridized carbons (Fsp3) is 0.280. The molecule has 0 bridgehead atoms. The van der Waals surface area contributed by atoms with E-state index < -0.39 is 0 Å². The maximum absolute atomic E-state index is 13.4. The largest absolute Gasteiger partial charge is 0.409 e. The van der Waals surface area contributed by atoms with E-state index in [4.69, 9.17) is 15.9 Å². The lowest BCUT2D eigenvalue weighted by Gasteiger charge is -2.17. The number of hydrogen-bond donors (Lipinski definition) is 3. The summed E-state index contributed by atoms with van der Waals surface area (Å²) in [6, 6.07) is 16.4. The summed E-state index contributed by atoms with van der Waals surface area (Å²) in [4.78, 5) is 30.9. The Morgan fingerprint density at radius 2 is 1.82 bits per heavy atom. The van der Waals surface area contributed by atoms with Crippen LogP contribution in [0.3, 0.4) is 0 Å². The van der Waals surface area contributed by atoms with Gasteiger partial charge in [0.2, 0.25) is 5.91 Å². The highest BCUT2D eigenvalue weighted by Gasteiger charge is 2.19. The molecule has 0 fully saturated rings. The first-order chi connectivity index (χ1) is 15.8. The normalized spacial score (nSPS) is 11.6. The summed E-state index contributed by atoms with van der Waals surface area (Å²) < 4.78 is 1.64. The minimum atomic E-state index is -0.272. The van der Waals surface area contributed by atoms with E-state index in [2.05, 4.69) is 10.5 Å². The number of rotatable bonds is 8. The fourth-order valence-electron chi connectivity index (χ4n) is 3.55. The second kappa shape index (κ2) is 10.6. The van der Waals surface area contributed by atoms with Gasteiger partial charge in [0.1, 0.15) is 5.82 Å². The molecule has 1 heterocycles. The molecule has 3 rings (SSSR count). The second-order valence-corrected chi connectivity index (χ2v) is 8.30. The zero-order valence-corrected chi connectivity index (χ0v) is 19.1. The molecule has 0 aliphatic rings. The number of oxime groups is 1. The van der Waals surface area contributed by atoms with Gasteiger partial charge in [-0.05, 0) is 18.4 Å². The molecule has 1 amide bonds. The molecule has 4 N–H and O–H groups in total. The number of nitrogens with zero attached hydrogens (tertiary/aromatic N) is 3. The maximum atomic E-state index is 13.4. The van der Waals surface area contributed by atoms with Crippen LogP contribution in [0.2, 0.25) is 0 Å². The van der Waals surface area contributed by atoms with Gasteiger partial charge in [0, 0.05) is 24.2 Å². The van der Waals surface area contributed by atoms with Gasteiger partial charge in [-0.15, -0.1) is 0 Å². The Kier molecular flexibility index (Phi) is 7.61. The van der Waals surface area contributed by atoms with Crippen LogP contribution in [0, 0.1) is 12.8 Å². The van der Waals surface area contributed by atoms with Gasteiger partial charge in [-0.1, -0.05) is 73.6 Å². The molecule has 0 radical (unpaired) electrons. The summed E-state index contributed by atoms with van der Waals surface area (Å²) in [5, 5.41) is 14.6. The van der Waals surface area contributed by atoms with Gasteiger partial charge in [-0.25, -0.2) is 4.98 Å². The lowest BCUT2D eigenvalue weighted by molar-refractivity contribution is -0.120. The third kappa shape index (κ3) is 5.85. The zero-order valence-electron chi connectivity index (χ0n) is 19.1. The number of benzene rings is 2. The van der Waals surface area contributed by atoms with Crippen molar-refractivity contribution in [2.24, 2.45) is 16.8 Å². The highest BCUT2D eigenvalue weighted by atomic mass is 16.4. The molecule has 0 aliphatic carbocycles. The number of aromatic nitrogens is 2. The van der Waals surface area contributed by atoms with Crippen LogP contribution in [-0.4, -0.2) is 26.5 Å². The number of nitrogens with one attached hydrogen (secondary N) is 1. The van der Waals surface area contributed by atoms with Crippen LogP contribution < -0.4 is 16.6 Å². The number of amidine groups is 1. The van der Waals surface area contributed by atoms with Crippen LogP contribution in [0.15, 0.2) is 64.5 Å². The standard InChI is InChI=1S/C25H29N5O3/c1-16(2)15-30-17(3)28-23(19-7-5-4-6-8-19)21(25(30)32)13-22(31)27-14-18-9-11-20(12-10-18)24(26)29-33/h4-12,16,33H,13-15H2,1-3H3,(H2,26,29)(H,27,31).